The van der Waals surface area contributed by atoms with E-state index in [1.807, 2.05) is 49.5 Å². The molecule has 0 unspecified atom stereocenters. The number of nitrogens with one attached hydrogen (secondary N) is 1. The fourth-order valence-electron chi connectivity index (χ4n) is 1.93. The van der Waals surface area contributed by atoms with Crippen LogP contribution in [0.15, 0.2) is 48.8 Å². The van der Waals surface area contributed by atoms with Crippen molar-refractivity contribution in [1.82, 2.24) is 4.98 Å². The number of nitrogens with zero attached hydrogens (tertiary/aromatic N) is 1. The van der Waals surface area contributed by atoms with Crippen molar-refractivity contribution in [3.05, 3.63) is 69.5 Å². The first-order valence-corrected chi connectivity index (χ1v) is 5.93. The summed E-state index contributed by atoms with van der Waals surface area (Å²) < 4.78 is 0. The normalized spacial score (nSPS) is 13.3. The van der Waals surface area contributed by atoms with Gasteiger partial charge in [-0.2, -0.15) is 0 Å². The van der Waals surface area contributed by atoms with E-state index in [1.54, 1.807) is 6.08 Å². The lowest BCUT2D eigenvalue weighted by Crippen LogP contribution is -2.23. The third-order valence-electron chi connectivity index (χ3n) is 2.80. The van der Waals surface area contributed by atoms with E-state index in [0.717, 1.165) is 27.9 Å². The van der Waals surface area contributed by atoms with E-state index in [-0.39, 0.29) is 0 Å². The van der Waals surface area contributed by atoms with Crippen LogP contribution in [-0.2, 0) is 0 Å². The first-order valence-electron chi connectivity index (χ1n) is 5.93. The molecule has 2 rings (SSSR count). The monoisotopic (exact) mass is 254 g/mol. The molecule has 0 aliphatic heterocycles. The average molecular weight is 254 g/mol. The Morgan fingerprint density at radius 3 is 2.63 bits per heavy atom. The van der Waals surface area contributed by atoms with Gasteiger partial charge in [-0.25, -0.2) is 0 Å². The van der Waals surface area contributed by atoms with E-state index in [1.165, 1.54) is 6.08 Å². The summed E-state index contributed by atoms with van der Waals surface area (Å²) in [4.78, 5) is 13.0. The Morgan fingerprint density at radius 1 is 1.26 bits per heavy atom. The topological polar surface area (TPSA) is 58.9 Å². The highest BCUT2D eigenvalue weighted by Gasteiger charge is 2.01. The molecule has 96 valence electrons. The quantitative estimate of drug-likeness (QED) is 0.673. The van der Waals surface area contributed by atoms with Crippen molar-refractivity contribution >= 4 is 12.2 Å². The SMILES string of the molecule is C/C=c1/[nH]cc(-c2ccccc2)/c1=C/C=C/[N+](=O)[O-]. The minimum Gasteiger partial charge on any atom is -0.361 e. The number of hydrogen-bond acceptors (Lipinski definition) is 2. The van der Waals surface area contributed by atoms with Crippen molar-refractivity contribution in [3.8, 4) is 11.1 Å². The van der Waals surface area contributed by atoms with Gasteiger partial charge in [0.05, 0.1) is 4.92 Å². The molecule has 0 spiro atoms. The molecule has 0 saturated carbocycles. The van der Waals surface area contributed by atoms with Gasteiger partial charge in [-0.05, 0) is 18.6 Å². The summed E-state index contributed by atoms with van der Waals surface area (Å²) in [6.07, 6.45) is 7.98. The molecule has 4 nitrogen and oxygen atoms in total. The molecule has 1 aromatic heterocycles. The Morgan fingerprint density at radius 2 is 2.00 bits per heavy atom. The molecule has 0 fully saturated rings. The minimum absolute atomic E-state index is 0.472. The molecule has 1 N–H and O–H groups in total. The van der Waals surface area contributed by atoms with Crippen molar-refractivity contribution in [2.45, 2.75) is 6.92 Å². The Labute approximate surface area is 110 Å². The van der Waals surface area contributed by atoms with Gasteiger partial charge in [-0.1, -0.05) is 36.4 Å². The van der Waals surface area contributed by atoms with Crippen LogP contribution >= 0.6 is 0 Å². The maximum Gasteiger partial charge on any atom is 0.234 e. The van der Waals surface area contributed by atoms with Gasteiger partial charge in [0, 0.05) is 28.4 Å². The molecule has 0 atom stereocenters. The lowest BCUT2D eigenvalue weighted by Gasteiger charge is -1.96. The number of rotatable bonds is 3. The molecule has 4 heteroatoms. The van der Waals surface area contributed by atoms with Gasteiger partial charge in [0.2, 0.25) is 6.20 Å². The van der Waals surface area contributed by atoms with Gasteiger partial charge in [-0.15, -0.1) is 0 Å². The zero-order valence-corrected chi connectivity index (χ0v) is 10.5. The first kappa shape index (κ1) is 12.8. The van der Waals surface area contributed by atoms with Gasteiger partial charge < -0.3 is 4.98 Å². The molecule has 0 amide bonds. The Balaban J connectivity index is 2.59. The molecular weight excluding hydrogens is 240 g/mol. The third-order valence-corrected chi connectivity index (χ3v) is 2.80. The van der Waals surface area contributed by atoms with Crippen molar-refractivity contribution in [3.63, 3.8) is 0 Å². The summed E-state index contributed by atoms with van der Waals surface area (Å²) in [5.74, 6) is 0. The van der Waals surface area contributed by atoms with Crippen LogP contribution in [0.4, 0.5) is 0 Å². The van der Waals surface area contributed by atoms with Gasteiger partial charge in [-0.3, -0.25) is 10.1 Å². The molecule has 2 aromatic rings. The second kappa shape index (κ2) is 5.82. The van der Waals surface area contributed by atoms with Crippen LogP contribution in [0, 0.1) is 10.1 Å². The molecule has 1 aromatic carbocycles. The van der Waals surface area contributed by atoms with Gasteiger partial charge in [0.15, 0.2) is 0 Å². The fourth-order valence-corrected chi connectivity index (χ4v) is 1.93. The Bertz CT molecular complexity index is 712. The van der Waals surface area contributed by atoms with Gasteiger partial charge in [0.1, 0.15) is 0 Å². The summed E-state index contributed by atoms with van der Waals surface area (Å²) in [6.45, 7) is 1.93. The van der Waals surface area contributed by atoms with Crippen LogP contribution in [0.5, 0.6) is 0 Å². The van der Waals surface area contributed by atoms with Crippen LogP contribution in [0.2, 0.25) is 0 Å². The van der Waals surface area contributed by atoms with E-state index in [9.17, 15) is 10.1 Å². The number of hydrogen-bond donors (Lipinski definition) is 1. The summed E-state index contributed by atoms with van der Waals surface area (Å²) in [5.41, 5.74) is 2.11. The number of H-pyrrole nitrogens is 1. The van der Waals surface area contributed by atoms with E-state index >= 15 is 0 Å². The number of benzene rings is 1. The van der Waals surface area contributed by atoms with Crippen molar-refractivity contribution in [1.29, 1.82) is 0 Å². The summed E-state index contributed by atoms with van der Waals surface area (Å²) in [7, 11) is 0. The molecular formula is C15H14N2O2. The molecule has 0 radical (unpaired) electrons. The molecule has 0 bridgehead atoms. The largest absolute Gasteiger partial charge is 0.361 e. The maximum atomic E-state index is 10.3. The van der Waals surface area contributed by atoms with E-state index < -0.39 is 4.92 Å². The molecule has 1 heterocycles. The zero-order chi connectivity index (χ0) is 13.7. The lowest BCUT2D eigenvalue weighted by molar-refractivity contribution is -0.402. The number of allylic oxidation sites excluding steroid dienone is 1. The van der Waals surface area contributed by atoms with E-state index in [0.29, 0.717) is 0 Å². The van der Waals surface area contributed by atoms with E-state index in [2.05, 4.69) is 4.98 Å². The lowest BCUT2D eigenvalue weighted by atomic mass is 10.1. The Hall–Kier alpha value is -2.62. The van der Waals surface area contributed by atoms with Crippen LogP contribution < -0.4 is 10.6 Å². The van der Waals surface area contributed by atoms with Gasteiger partial charge in [0.25, 0.3) is 0 Å². The predicted octanol–water partition coefficient (Wildman–Crippen LogP) is 2.05. The molecule has 0 aliphatic rings. The average Bonchev–Trinajstić information content (AvgIpc) is 2.82. The fraction of sp³-hybridized carbons (Fsp3) is 0.0667. The summed E-state index contributed by atoms with van der Waals surface area (Å²) >= 11 is 0. The number of aromatic amines is 1. The summed E-state index contributed by atoms with van der Waals surface area (Å²) in [6, 6.07) is 9.91. The minimum atomic E-state index is -0.472. The standard InChI is InChI=1S/C15H14N2O2/c1-2-15-13(9-6-10-17(18)19)14(11-16-15)12-7-4-3-5-8-12/h2-11,16H,1H3/b10-6+,13-9-,15-2+. The van der Waals surface area contributed by atoms with E-state index in [4.69, 9.17) is 0 Å². The third kappa shape index (κ3) is 2.98. The first-order chi connectivity index (χ1) is 9.22. The predicted molar refractivity (Wildman–Crippen MR) is 76.2 cm³/mol. The smallest absolute Gasteiger partial charge is 0.234 e. The van der Waals surface area contributed by atoms with Crippen molar-refractivity contribution in [2.75, 3.05) is 0 Å². The van der Waals surface area contributed by atoms with Crippen LogP contribution in [0.1, 0.15) is 6.92 Å². The van der Waals surface area contributed by atoms with Crippen LogP contribution in [0.3, 0.4) is 0 Å². The highest BCUT2D eigenvalue weighted by atomic mass is 16.6. The molecule has 0 saturated heterocycles. The maximum absolute atomic E-state index is 10.3. The molecule has 0 aliphatic carbocycles. The Kier molecular flexibility index (Phi) is 3.93. The summed E-state index contributed by atoms with van der Waals surface area (Å²) in [5, 5.41) is 12.2. The van der Waals surface area contributed by atoms with Gasteiger partial charge >= 0.3 is 0 Å². The number of nitro groups is 1. The van der Waals surface area contributed by atoms with Crippen molar-refractivity contribution in [2.24, 2.45) is 0 Å². The highest BCUT2D eigenvalue weighted by molar-refractivity contribution is 5.66. The zero-order valence-electron chi connectivity index (χ0n) is 10.5. The number of aromatic nitrogens is 1. The van der Waals surface area contributed by atoms with Crippen molar-refractivity contribution < 1.29 is 4.92 Å². The van der Waals surface area contributed by atoms with Crippen LogP contribution in [0.25, 0.3) is 23.3 Å². The van der Waals surface area contributed by atoms with Crippen LogP contribution in [-0.4, -0.2) is 9.91 Å². The molecule has 19 heavy (non-hydrogen) atoms. The second-order valence-corrected chi connectivity index (χ2v) is 3.98. The second-order valence-electron chi connectivity index (χ2n) is 3.98. The highest BCUT2D eigenvalue weighted by Crippen LogP contribution is 2.12.